The predicted molar refractivity (Wildman–Crippen MR) is 83.5 cm³/mol. The molecule has 0 saturated carbocycles. The van der Waals surface area contributed by atoms with Gasteiger partial charge in [-0.3, -0.25) is 0 Å². The van der Waals surface area contributed by atoms with Gasteiger partial charge in [0.2, 0.25) is 9.04 Å². The van der Waals surface area contributed by atoms with Gasteiger partial charge in [0.25, 0.3) is 0 Å². The van der Waals surface area contributed by atoms with Crippen LogP contribution in [-0.2, 0) is 15.6 Å². The van der Waals surface area contributed by atoms with E-state index in [1.54, 1.807) is 0 Å². The Bertz CT molecular complexity index is 366. The molecule has 0 bridgehead atoms. The summed E-state index contributed by atoms with van der Waals surface area (Å²) in [6, 6.07) is 9.63. The van der Waals surface area contributed by atoms with Crippen molar-refractivity contribution in [2.75, 3.05) is 19.4 Å². The maximum absolute atomic E-state index is 5.93. The molecule has 105 valence electrons. The summed E-state index contributed by atoms with van der Waals surface area (Å²) in [5.74, 6) is 0. The predicted octanol–water partition coefficient (Wildman–Crippen LogP) is 3.87. The van der Waals surface area contributed by atoms with Crippen LogP contribution in [0.4, 0.5) is 0 Å². The lowest BCUT2D eigenvalue weighted by atomic mass is 10.1. The highest BCUT2D eigenvalue weighted by atomic mass is 28.3. The van der Waals surface area contributed by atoms with Crippen LogP contribution >= 0.6 is 0 Å². The summed E-state index contributed by atoms with van der Waals surface area (Å²) in [5, 5.41) is 0. The Morgan fingerprint density at radius 2 is 2.16 bits per heavy atom. The van der Waals surface area contributed by atoms with Crippen LogP contribution in [0.3, 0.4) is 0 Å². The van der Waals surface area contributed by atoms with Gasteiger partial charge in [-0.25, -0.2) is 0 Å². The highest BCUT2D eigenvalue weighted by Crippen LogP contribution is 2.09. The minimum atomic E-state index is -0.751. The summed E-state index contributed by atoms with van der Waals surface area (Å²) >= 11 is 0. The molecule has 0 aliphatic carbocycles. The second-order valence-electron chi connectivity index (χ2n) is 4.43. The Hall–Kier alpha value is -0.903. The summed E-state index contributed by atoms with van der Waals surface area (Å²) in [4.78, 5) is 0. The molecular formula is C16H25O2Si. The Balaban J connectivity index is 2.23. The first-order chi connectivity index (χ1) is 9.30. The molecule has 0 spiro atoms. The van der Waals surface area contributed by atoms with E-state index >= 15 is 0 Å². The molecule has 0 heterocycles. The van der Waals surface area contributed by atoms with Crippen molar-refractivity contribution in [2.24, 2.45) is 0 Å². The maximum Gasteiger partial charge on any atom is 0.237 e. The fraction of sp³-hybridized carbons (Fsp3) is 0.500. The number of hydrogen-bond donors (Lipinski definition) is 0. The quantitative estimate of drug-likeness (QED) is 0.477. The molecule has 0 N–H and O–H groups in total. The molecule has 0 amide bonds. The molecule has 0 saturated heterocycles. The molecule has 1 rings (SSSR count). The fourth-order valence-corrected chi connectivity index (χ4v) is 3.19. The Kier molecular flexibility index (Phi) is 8.46. The molecular weight excluding hydrogens is 252 g/mol. The van der Waals surface area contributed by atoms with E-state index in [4.69, 9.17) is 9.16 Å². The van der Waals surface area contributed by atoms with E-state index in [9.17, 15) is 0 Å². The first kappa shape index (κ1) is 16.2. The Morgan fingerprint density at radius 1 is 1.32 bits per heavy atom. The van der Waals surface area contributed by atoms with E-state index in [0.717, 1.165) is 38.3 Å². The van der Waals surface area contributed by atoms with Crippen LogP contribution in [-0.4, -0.2) is 28.5 Å². The van der Waals surface area contributed by atoms with Gasteiger partial charge in [-0.15, -0.1) is 0 Å². The van der Waals surface area contributed by atoms with Gasteiger partial charge >= 0.3 is 0 Å². The van der Waals surface area contributed by atoms with Crippen molar-refractivity contribution in [1.82, 2.24) is 0 Å². The minimum Gasteiger partial charge on any atom is -0.414 e. The van der Waals surface area contributed by atoms with Crippen LogP contribution in [0.5, 0.6) is 0 Å². The van der Waals surface area contributed by atoms with Crippen LogP contribution < -0.4 is 0 Å². The maximum atomic E-state index is 5.93. The summed E-state index contributed by atoms with van der Waals surface area (Å²) in [7, 11) is -0.751. The van der Waals surface area contributed by atoms with E-state index in [1.807, 2.05) is 13.0 Å². The molecule has 0 atom stereocenters. The summed E-state index contributed by atoms with van der Waals surface area (Å²) in [5.41, 5.74) is 2.55. The lowest BCUT2D eigenvalue weighted by molar-refractivity contribution is 0.171. The minimum absolute atomic E-state index is 0.751. The second kappa shape index (κ2) is 9.95. The zero-order chi connectivity index (χ0) is 13.9. The van der Waals surface area contributed by atoms with E-state index in [-0.39, 0.29) is 0 Å². The molecule has 19 heavy (non-hydrogen) atoms. The summed E-state index contributed by atoms with van der Waals surface area (Å²) in [6.07, 6.45) is 4.83. The molecule has 1 aromatic carbocycles. The average Bonchev–Trinajstić information content (AvgIpc) is 2.47. The number of aryl methyl sites for hydroxylation is 1. The third kappa shape index (κ3) is 6.71. The fourth-order valence-electron chi connectivity index (χ4n) is 1.83. The highest BCUT2D eigenvalue weighted by Gasteiger charge is 2.10. The molecule has 0 unspecified atom stereocenters. The first-order valence-electron chi connectivity index (χ1n) is 7.06. The molecule has 1 aromatic rings. The third-order valence-corrected chi connectivity index (χ3v) is 4.89. The van der Waals surface area contributed by atoms with Gasteiger partial charge in [-0.05, 0) is 36.9 Å². The van der Waals surface area contributed by atoms with Gasteiger partial charge in [0.1, 0.15) is 0 Å². The second-order valence-corrected chi connectivity index (χ2v) is 6.79. The largest absolute Gasteiger partial charge is 0.414 e. The average molecular weight is 277 g/mol. The molecule has 2 nitrogen and oxygen atoms in total. The SMILES string of the molecule is C=Cc1cccc(CCCO[Si](CC)COCC)c1. The van der Waals surface area contributed by atoms with Crippen molar-refractivity contribution in [2.45, 2.75) is 32.7 Å². The topological polar surface area (TPSA) is 18.5 Å². The van der Waals surface area contributed by atoms with E-state index < -0.39 is 9.04 Å². The van der Waals surface area contributed by atoms with Crippen molar-refractivity contribution in [3.05, 3.63) is 42.0 Å². The Morgan fingerprint density at radius 3 is 2.84 bits per heavy atom. The Labute approximate surface area is 119 Å². The number of rotatable bonds is 10. The molecule has 1 radical (unpaired) electrons. The first-order valence-corrected chi connectivity index (χ1v) is 8.89. The van der Waals surface area contributed by atoms with Crippen LogP contribution in [0.2, 0.25) is 6.04 Å². The van der Waals surface area contributed by atoms with Gasteiger partial charge < -0.3 is 9.16 Å². The standard InChI is InChI=1S/C16H25O2Si/c1-4-15-9-7-10-16(13-15)11-8-12-18-19(6-3)14-17-5-2/h4,7,9-10,13H,1,5-6,8,11-12,14H2,2-3H3. The lowest BCUT2D eigenvalue weighted by Gasteiger charge is -2.13. The monoisotopic (exact) mass is 277 g/mol. The van der Waals surface area contributed by atoms with E-state index in [0.29, 0.717) is 0 Å². The van der Waals surface area contributed by atoms with Crippen LogP contribution in [0.25, 0.3) is 6.08 Å². The molecule has 3 heteroatoms. The van der Waals surface area contributed by atoms with E-state index in [2.05, 4.69) is 37.8 Å². The van der Waals surface area contributed by atoms with Gasteiger partial charge in [-0.2, -0.15) is 0 Å². The molecule has 0 aromatic heterocycles. The zero-order valence-corrected chi connectivity index (χ0v) is 13.2. The molecule has 0 aliphatic heterocycles. The summed E-state index contributed by atoms with van der Waals surface area (Å²) in [6.45, 7) is 9.63. The summed E-state index contributed by atoms with van der Waals surface area (Å²) < 4.78 is 11.4. The van der Waals surface area contributed by atoms with Crippen LogP contribution in [0.15, 0.2) is 30.8 Å². The van der Waals surface area contributed by atoms with Crippen LogP contribution in [0, 0.1) is 0 Å². The van der Waals surface area contributed by atoms with Crippen molar-refractivity contribution >= 4 is 15.1 Å². The normalized spacial score (nSPS) is 10.9. The third-order valence-electron chi connectivity index (χ3n) is 2.96. The number of benzene rings is 1. The molecule has 0 aliphatic rings. The zero-order valence-electron chi connectivity index (χ0n) is 12.2. The van der Waals surface area contributed by atoms with Gasteiger partial charge in [0, 0.05) is 13.2 Å². The molecule has 0 fully saturated rings. The smallest absolute Gasteiger partial charge is 0.237 e. The van der Waals surface area contributed by atoms with Gasteiger partial charge in [-0.1, -0.05) is 43.8 Å². The van der Waals surface area contributed by atoms with E-state index in [1.165, 1.54) is 11.1 Å². The van der Waals surface area contributed by atoms with Crippen molar-refractivity contribution < 1.29 is 9.16 Å². The number of ether oxygens (including phenoxy) is 1. The van der Waals surface area contributed by atoms with Gasteiger partial charge in [0.05, 0.1) is 6.23 Å². The highest BCUT2D eigenvalue weighted by molar-refractivity contribution is 6.51. The van der Waals surface area contributed by atoms with Crippen LogP contribution in [0.1, 0.15) is 31.4 Å². The lowest BCUT2D eigenvalue weighted by Crippen LogP contribution is -2.25. The van der Waals surface area contributed by atoms with Gasteiger partial charge in [0.15, 0.2) is 0 Å². The van der Waals surface area contributed by atoms with Crippen molar-refractivity contribution in [1.29, 1.82) is 0 Å². The van der Waals surface area contributed by atoms with Crippen molar-refractivity contribution in [3.63, 3.8) is 0 Å². The number of hydrogen-bond acceptors (Lipinski definition) is 2. The van der Waals surface area contributed by atoms with Crippen molar-refractivity contribution in [3.8, 4) is 0 Å².